The minimum Gasteiger partial charge on any atom is -0.256 e. The van der Waals surface area contributed by atoms with Crippen molar-refractivity contribution in [3.8, 4) is 0 Å². The monoisotopic (exact) mass is 444 g/mol. The smallest absolute Gasteiger partial charge is 0.0832 e. The van der Waals surface area contributed by atoms with Crippen LogP contribution in [0.15, 0.2) is 82.4 Å². The van der Waals surface area contributed by atoms with Crippen LogP contribution in [0.2, 0.25) is 10.0 Å². The Morgan fingerprint density at radius 2 is 1.65 bits per heavy atom. The summed E-state index contributed by atoms with van der Waals surface area (Å²) in [6.07, 6.45) is 0.800. The molecule has 0 saturated heterocycles. The van der Waals surface area contributed by atoms with E-state index in [0.717, 1.165) is 27.9 Å². The minimum absolute atomic E-state index is 0.0641. The molecule has 0 aromatic heterocycles. The molecule has 0 amide bonds. The molecule has 0 aliphatic carbocycles. The summed E-state index contributed by atoms with van der Waals surface area (Å²) in [4.78, 5) is 0. The van der Waals surface area contributed by atoms with Gasteiger partial charge < -0.3 is 0 Å². The number of hydrazone groups is 1. The molecule has 0 N–H and O–H groups in total. The molecule has 0 radical (unpaired) electrons. The highest BCUT2D eigenvalue weighted by Crippen LogP contribution is 2.40. The minimum atomic E-state index is 0.0641. The number of halogens is 3. The van der Waals surface area contributed by atoms with E-state index in [0.29, 0.717) is 10.0 Å². The molecule has 5 heteroatoms. The number of anilines is 1. The van der Waals surface area contributed by atoms with E-state index in [1.807, 2.05) is 47.5 Å². The Morgan fingerprint density at radius 3 is 2.38 bits per heavy atom. The van der Waals surface area contributed by atoms with E-state index in [-0.39, 0.29) is 6.04 Å². The van der Waals surface area contributed by atoms with Crippen LogP contribution in [-0.2, 0) is 0 Å². The highest BCUT2D eigenvalue weighted by Gasteiger charge is 2.31. The van der Waals surface area contributed by atoms with Crippen molar-refractivity contribution in [3.05, 3.63) is 98.4 Å². The fourth-order valence-electron chi connectivity index (χ4n) is 3.14. The molecule has 0 fully saturated rings. The molecule has 1 aliphatic heterocycles. The Morgan fingerprint density at radius 1 is 0.923 bits per heavy atom. The Balaban J connectivity index is 1.80. The van der Waals surface area contributed by atoms with Gasteiger partial charge in [0.25, 0.3) is 0 Å². The highest BCUT2D eigenvalue weighted by atomic mass is 79.9. The molecule has 3 aromatic rings. The van der Waals surface area contributed by atoms with Crippen LogP contribution < -0.4 is 5.01 Å². The van der Waals surface area contributed by atoms with Gasteiger partial charge in [-0.25, -0.2) is 0 Å². The van der Waals surface area contributed by atoms with Gasteiger partial charge in [-0.1, -0.05) is 81.6 Å². The van der Waals surface area contributed by atoms with E-state index in [1.54, 1.807) is 6.07 Å². The highest BCUT2D eigenvalue weighted by molar-refractivity contribution is 9.10. The fraction of sp³-hybridized carbons (Fsp3) is 0.0952. The van der Waals surface area contributed by atoms with Gasteiger partial charge in [-0.05, 0) is 41.5 Å². The number of rotatable bonds is 3. The van der Waals surface area contributed by atoms with Crippen molar-refractivity contribution in [3.63, 3.8) is 0 Å². The zero-order valence-electron chi connectivity index (χ0n) is 13.7. The van der Waals surface area contributed by atoms with Crippen molar-refractivity contribution in [1.82, 2.24) is 0 Å². The van der Waals surface area contributed by atoms with E-state index in [9.17, 15) is 0 Å². The summed E-state index contributed by atoms with van der Waals surface area (Å²) >= 11 is 16.2. The van der Waals surface area contributed by atoms with E-state index in [1.165, 1.54) is 5.56 Å². The first-order valence-corrected chi connectivity index (χ1v) is 9.79. The van der Waals surface area contributed by atoms with Crippen molar-refractivity contribution >= 4 is 50.5 Å². The normalized spacial score (nSPS) is 16.7. The van der Waals surface area contributed by atoms with Crippen molar-refractivity contribution < 1.29 is 0 Å². The largest absolute Gasteiger partial charge is 0.256 e. The molecular weight excluding hydrogens is 431 g/mol. The lowest BCUT2D eigenvalue weighted by atomic mass is 9.98. The van der Waals surface area contributed by atoms with Gasteiger partial charge in [-0.3, -0.25) is 5.01 Å². The summed E-state index contributed by atoms with van der Waals surface area (Å²) in [5.41, 5.74) is 4.15. The Hall–Kier alpha value is -1.81. The molecule has 26 heavy (non-hydrogen) atoms. The van der Waals surface area contributed by atoms with Crippen LogP contribution in [0.5, 0.6) is 0 Å². The summed E-state index contributed by atoms with van der Waals surface area (Å²) in [7, 11) is 0. The molecule has 0 spiro atoms. The molecule has 4 rings (SSSR count). The topological polar surface area (TPSA) is 15.6 Å². The lowest BCUT2D eigenvalue weighted by Gasteiger charge is -2.25. The van der Waals surface area contributed by atoms with Crippen molar-refractivity contribution in [2.24, 2.45) is 5.10 Å². The maximum absolute atomic E-state index is 6.47. The number of hydrogen-bond acceptors (Lipinski definition) is 2. The van der Waals surface area contributed by atoms with Gasteiger partial charge in [0.2, 0.25) is 0 Å². The van der Waals surface area contributed by atoms with E-state index < -0.39 is 0 Å². The Bertz CT molecular complexity index is 956. The first kappa shape index (κ1) is 17.6. The third-order valence-corrected chi connectivity index (χ3v) is 5.51. The quantitative estimate of drug-likeness (QED) is 0.419. The van der Waals surface area contributed by atoms with Gasteiger partial charge >= 0.3 is 0 Å². The molecule has 0 saturated carbocycles. The van der Waals surface area contributed by atoms with Crippen LogP contribution in [0.25, 0.3) is 0 Å². The zero-order chi connectivity index (χ0) is 18.1. The molecule has 1 aliphatic rings. The second-order valence-electron chi connectivity index (χ2n) is 6.12. The maximum atomic E-state index is 6.47. The van der Waals surface area contributed by atoms with Crippen molar-refractivity contribution in [2.45, 2.75) is 12.5 Å². The zero-order valence-corrected chi connectivity index (χ0v) is 16.8. The molecule has 3 aromatic carbocycles. The number of nitrogens with zero attached hydrogens (tertiary/aromatic N) is 2. The third kappa shape index (κ3) is 3.52. The average molecular weight is 446 g/mol. The van der Waals surface area contributed by atoms with Crippen LogP contribution in [0.1, 0.15) is 23.6 Å². The van der Waals surface area contributed by atoms with Gasteiger partial charge in [0.05, 0.1) is 22.5 Å². The summed E-state index contributed by atoms with van der Waals surface area (Å²) < 4.78 is 1.05. The lowest BCUT2D eigenvalue weighted by molar-refractivity contribution is 0.709. The molecular formula is C21H15BrCl2N2. The Kier molecular flexibility index (Phi) is 5.03. The van der Waals surface area contributed by atoms with Crippen LogP contribution in [0.4, 0.5) is 5.69 Å². The number of benzene rings is 3. The molecule has 1 unspecified atom stereocenters. The molecule has 1 heterocycles. The molecule has 2 nitrogen and oxygen atoms in total. The summed E-state index contributed by atoms with van der Waals surface area (Å²) in [5, 5.41) is 8.17. The van der Waals surface area contributed by atoms with Gasteiger partial charge in [0, 0.05) is 15.9 Å². The molecule has 130 valence electrons. The summed E-state index contributed by atoms with van der Waals surface area (Å²) in [6.45, 7) is 0. The van der Waals surface area contributed by atoms with Crippen LogP contribution >= 0.6 is 39.1 Å². The van der Waals surface area contributed by atoms with Gasteiger partial charge in [0.15, 0.2) is 0 Å². The fourth-order valence-corrected chi connectivity index (χ4v) is 3.78. The van der Waals surface area contributed by atoms with Gasteiger partial charge in [0.1, 0.15) is 0 Å². The summed E-state index contributed by atoms with van der Waals surface area (Å²) in [5.74, 6) is 0. The van der Waals surface area contributed by atoms with E-state index >= 15 is 0 Å². The standard InChI is InChI=1S/C21H15BrCl2N2/c22-16-8-6-15(7-9-16)20-13-19(14-4-2-1-3-5-14)25-26(20)21-12-17(23)10-11-18(21)24/h1-12,20H,13H2. The number of hydrogen-bond donors (Lipinski definition) is 0. The lowest BCUT2D eigenvalue weighted by Crippen LogP contribution is -2.18. The first-order chi connectivity index (χ1) is 12.6. The van der Waals surface area contributed by atoms with Crippen LogP contribution in [-0.4, -0.2) is 5.71 Å². The predicted octanol–water partition coefficient (Wildman–Crippen LogP) is 7.11. The Labute approximate surface area is 171 Å². The summed E-state index contributed by atoms with van der Waals surface area (Å²) in [6, 6.07) is 24.1. The SMILES string of the molecule is Clc1ccc(Cl)c(N2N=C(c3ccccc3)CC2c2ccc(Br)cc2)c1. The van der Waals surface area contributed by atoms with Crippen LogP contribution in [0, 0.1) is 0 Å². The molecule has 1 atom stereocenters. The molecule has 0 bridgehead atoms. The van der Waals surface area contributed by atoms with Crippen molar-refractivity contribution in [2.75, 3.05) is 5.01 Å². The second-order valence-corrected chi connectivity index (χ2v) is 7.88. The maximum Gasteiger partial charge on any atom is 0.0832 e. The first-order valence-electron chi connectivity index (χ1n) is 8.24. The van der Waals surface area contributed by atoms with E-state index in [2.05, 4.69) is 40.2 Å². The van der Waals surface area contributed by atoms with Crippen molar-refractivity contribution in [1.29, 1.82) is 0 Å². The van der Waals surface area contributed by atoms with Gasteiger partial charge in [-0.2, -0.15) is 5.10 Å². The van der Waals surface area contributed by atoms with Crippen LogP contribution in [0.3, 0.4) is 0 Å². The third-order valence-electron chi connectivity index (χ3n) is 4.43. The predicted molar refractivity (Wildman–Crippen MR) is 113 cm³/mol. The van der Waals surface area contributed by atoms with Gasteiger partial charge in [-0.15, -0.1) is 0 Å². The van der Waals surface area contributed by atoms with E-state index in [4.69, 9.17) is 28.3 Å². The second kappa shape index (κ2) is 7.43. The average Bonchev–Trinajstić information content (AvgIpc) is 3.10.